The zero-order valence-corrected chi connectivity index (χ0v) is 18.5. The number of aromatic nitrogens is 2. The minimum absolute atomic E-state index is 0.202. The molecule has 0 aliphatic heterocycles. The lowest BCUT2D eigenvalue weighted by atomic mass is 10.1. The van der Waals surface area contributed by atoms with Crippen molar-refractivity contribution in [2.45, 2.75) is 6.54 Å². The second kappa shape index (κ2) is 9.32. The summed E-state index contributed by atoms with van der Waals surface area (Å²) in [7, 11) is 1.65. The van der Waals surface area contributed by atoms with Crippen LogP contribution in [0.3, 0.4) is 0 Å². The van der Waals surface area contributed by atoms with E-state index in [4.69, 9.17) is 9.47 Å². The Labute approximate surface area is 179 Å². The summed E-state index contributed by atoms with van der Waals surface area (Å²) in [6.45, 7) is 0.329. The lowest BCUT2D eigenvalue weighted by molar-refractivity contribution is 0.393. The highest BCUT2D eigenvalue weighted by Crippen LogP contribution is 2.33. The Kier molecular flexibility index (Phi) is 6.81. The summed E-state index contributed by atoms with van der Waals surface area (Å²) in [5.41, 5.74) is 1.95. The van der Waals surface area contributed by atoms with Gasteiger partial charge in [-0.05, 0) is 42.0 Å². The van der Waals surface area contributed by atoms with E-state index in [9.17, 15) is 8.60 Å². The molecule has 2 aromatic carbocycles. The number of hydrogen-bond acceptors (Lipinski definition) is 5. The van der Waals surface area contributed by atoms with E-state index in [1.54, 1.807) is 35.9 Å². The predicted molar refractivity (Wildman–Crippen MR) is 115 cm³/mol. The zero-order chi connectivity index (χ0) is 21.0. The van der Waals surface area contributed by atoms with Gasteiger partial charge in [-0.3, -0.25) is 4.31 Å². The van der Waals surface area contributed by atoms with Crippen LogP contribution in [0.25, 0.3) is 11.3 Å². The summed E-state index contributed by atoms with van der Waals surface area (Å²) in [5.74, 6) is 0.499. The predicted octanol–water partition coefficient (Wildman–Crippen LogP) is 4.36. The molecule has 9 heteroatoms. The molecule has 0 saturated heterocycles. The van der Waals surface area contributed by atoms with Crippen molar-refractivity contribution in [3.63, 3.8) is 0 Å². The fourth-order valence-corrected chi connectivity index (χ4v) is 3.83. The number of anilines is 1. The molecule has 0 aliphatic carbocycles. The van der Waals surface area contributed by atoms with Crippen molar-refractivity contribution in [3.05, 3.63) is 64.4 Å². The van der Waals surface area contributed by atoms with Crippen molar-refractivity contribution in [2.75, 3.05) is 24.8 Å². The number of rotatable bonds is 7. The highest BCUT2D eigenvalue weighted by atomic mass is 79.9. The van der Waals surface area contributed by atoms with Crippen LogP contribution in [0.5, 0.6) is 11.6 Å². The van der Waals surface area contributed by atoms with Crippen LogP contribution >= 0.6 is 15.9 Å². The van der Waals surface area contributed by atoms with E-state index < -0.39 is 16.8 Å². The van der Waals surface area contributed by atoms with Gasteiger partial charge >= 0.3 is 0 Å². The van der Waals surface area contributed by atoms with Crippen molar-refractivity contribution < 1.29 is 18.1 Å². The van der Waals surface area contributed by atoms with Gasteiger partial charge in [0.2, 0.25) is 0 Å². The first-order valence-corrected chi connectivity index (χ1v) is 10.8. The van der Waals surface area contributed by atoms with Gasteiger partial charge in [0, 0.05) is 16.3 Å². The number of ether oxygens (including phenoxy) is 2. The van der Waals surface area contributed by atoms with Crippen LogP contribution in [0.15, 0.2) is 53.0 Å². The Morgan fingerprint density at radius 2 is 1.79 bits per heavy atom. The highest BCUT2D eigenvalue weighted by Gasteiger charge is 2.20. The van der Waals surface area contributed by atoms with E-state index in [0.29, 0.717) is 22.4 Å². The van der Waals surface area contributed by atoms with Gasteiger partial charge in [-0.15, -0.1) is 10.2 Å². The first-order valence-electron chi connectivity index (χ1n) is 8.54. The SMILES string of the molecule is COc1ccc(CN(c2cc(-c3cc(Br)ccc3F)nnc2OC)S(C)=O)cc1. The van der Waals surface area contributed by atoms with Crippen LogP contribution in [0.2, 0.25) is 0 Å². The minimum Gasteiger partial charge on any atom is -0.497 e. The minimum atomic E-state index is -1.40. The van der Waals surface area contributed by atoms with Crippen molar-refractivity contribution in [1.29, 1.82) is 0 Å². The van der Waals surface area contributed by atoms with Gasteiger partial charge in [0.25, 0.3) is 5.88 Å². The van der Waals surface area contributed by atoms with E-state index in [2.05, 4.69) is 26.1 Å². The lowest BCUT2D eigenvalue weighted by Gasteiger charge is -2.23. The molecule has 1 atom stereocenters. The van der Waals surface area contributed by atoms with Crippen LogP contribution in [0, 0.1) is 5.82 Å². The summed E-state index contributed by atoms with van der Waals surface area (Å²) in [4.78, 5) is 0. The molecule has 152 valence electrons. The molecule has 1 heterocycles. The summed E-state index contributed by atoms with van der Waals surface area (Å²) < 4.78 is 39.7. The molecule has 0 radical (unpaired) electrons. The first-order chi connectivity index (χ1) is 13.9. The van der Waals surface area contributed by atoms with E-state index >= 15 is 0 Å². The third-order valence-corrected chi connectivity index (χ3v) is 5.64. The van der Waals surface area contributed by atoms with Crippen LogP contribution in [-0.2, 0) is 17.5 Å². The lowest BCUT2D eigenvalue weighted by Crippen LogP contribution is -2.25. The van der Waals surface area contributed by atoms with E-state index in [-0.39, 0.29) is 11.4 Å². The summed E-state index contributed by atoms with van der Waals surface area (Å²) >= 11 is 3.34. The standard InChI is InChI=1S/C20H19BrFN3O3S/c1-27-15-7-4-13(5-8-15)12-25(29(3)26)19-11-18(23-24-20(19)28-2)16-10-14(21)6-9-17(16)22/h4-11H,12H2,1-3H3. The largest absolute Gasteiger partial charge is 0.497 e. The second-order valence-corrected chi connectivity index (χ2v) is 8.26. The molecule has 0 amide bonds. The van der Waals surface area contributed by atoms with Gasteiger partial charge in [0.15, 0.2) is 0 Å². The third-order valence-electron chi connectivity index (χ3n) is 4.20. The molecule has 0 fully saturated rings. The van der Waals surface area contributed by atoms with Crippen LogP contribution < -0.4 is 13.8 Å². The molecule has 1 aromatic heterocycles. The normalized spacial score (nSPS) is 11.8. The van der Waals surface area contributed by atoms with Crippen molar-refractivity contribution in [3.8, 4) is 22.9 Å². The molecule has 29 heavy (non-hydrogen) atoms. The summed E-state index contributed by atoms with van der Waals surface area (Å²) in [6, 6.07) is 13.6. The van der Waals surface area contributed by atoms with Gasteiger partial charge in [-0.25, -0.2) is 8.60 Å². The van der Waals surface area contributed by atoms with E-state index in [1.807, 2.05) is 24.3 Å². The molecule has 3 rings (SSSR count). The molecular weight excluding hydrogens is 461 g/mol. The summed E-state index contributed by atoms with van der Waals surface area (Å²) in [5, 5.41) is 8.14. The second-order valence-electron chi connectivity index (χ2n) is 6.06. The number of hydrogen-bond donors (Lipinski definition) is 0. The Hall–Kier alpha value is -2.52. The number of halogens is 2. The molecular formula is C20H19BrFN3O3S. The third kappa shape index (κ3) is 4.91. The summed E-state index contributed by atoms with van der Waals surface area (Å²) in [6.07, 6.45) is 1.56. The Morgan fingerprint density at radius 3 is 2.41 bits per heavy atom. The van der Waals surface area contributed by atoms with Crippen molar-refractivity contribution >= 4 is 32.6 Å². The smallest absolute Gasteiger partial charge is 0.258 e. The molecule has 1 unspecified atom stereocenters. The molecule has 0 saturated carbocycles. The first kappa shape index (κ1) is 21.2. The Balaban J connectivity index is 2.04. The molecule has 0 N–H and O–H groups in total. The Morgan fingerprint density at radius 1 is 1.07 bits per heavy atom. The van der Waals surface area contributed by atoms with Gasteiger partial charge < -0.3 is 9.47 Å². The van der Waals surface area contributed by atoms with Crippen LogP contribution in [0.4, 0.5) is 10.1 Å². The zero-order valence-electron chi connectivity index (χ0n) is 16.1. The van der Waals surface area contributed by atoms with Gasteiger partial charge in [-0.2, -0.15) is 0 Å². The molecule has 3 aromatic rings. The average Bonchev–Trinajstić information content (AvgIpc) is 2.73. The van der Waals surface area contributed by atoms with Crippen molar-refractivity contribution in [2.24, 2.45) is 0 Å². The van der Waals surface area contributed by atoms with Crippen molar-refractivity contribution in [1.82, 2.24) is 10.2 Å². The monoisotopic (exact) mass is 479 g/mol. The highest BCUT2D eigenvalue weighted by molar-refractivity contribution is 9.10. The topological polar surface area (TPSA) is 64.6 Å². The maximum absolute atomic E-state index is 14.3. The number of nitrogens with zero attached hydrogens (tertiary/aromatic N) is 3. The maximum Gasteiger partial charge on any atom is 0.258 e. The molecule has 0 aliphatic rings. The molecule has 0 spiro atoms. The fourth-order valence-electron chi connectivity index (χ4n) is 2.73. The number of methoxy groups -OCH3 is 2. The van der Waals surface area contributed by atoms with E-state index in [0.717, 1.165) is 11.3 Å². The fraction of sp³-hybridized carbons (Fsp3) is 0.200. The molecule has 6 nitrogen and oxygen atoms in total. The Bertz CT molecular complexity index is 1030. The van der Waals surface area contributed by atoms with Crippen LogP contribution in [-0.4, -0.2) is 34.9 Å². The quantitative estimate of drug-likeness (QED) is 0.503. The average molecular weight is 480 g/mol. The van der Waals surface area contributed by atoms with Gasteiger partial charge in [0.05, 0.1) is 26.5 Å². The van der Waals surface area contributed by atoms with Gasteiger partial charge in [0.1, 0.15) is 28.2 Å². The maximum atomic E-state index is 14.3. The van der Waals surface area contributed by atoms with E-state index in [1.165, 1.54) is 13.2 Å². The number of benzene rings is 2. The van der Waals surface area contributed by atoms with Crippen LogP contribution in [0.1, 0.15) is 5.56 Å². The van der Waals surface area contributed by atoms with Gasteiger partial charge in [-0.1, -0.05) is 28.1 Å². The molecule has 0 bridgehead atoms.